The molecule has 0 spiro atoms. The minimum Gasteiger partial charge on any atom is -0.496 e. The second-order valence-electron chi connectivity index (χ2n) is 8.33. The lowest BCUT2D eigenvalue weighted by Gasteiger charge is -2.34. The molecule has 3 saturated heterocycles. The van der Waals surface area contributed by atoms with E-state index >= 15 is 0 Å². The maximum Gasteiger partial charge on any atom is 0.490 e. The molecule has 1 amide bonds. The number of alkyl halides is 3. The SMILES string of the molecule is COc1ccccc1CN1CC[C@H]2C[C@@H](C(=O)N3CCCC3)O[C@H]2C1.O=C(O)C(F)(F)F. The van der Waals surface area contributed by atoms with Crippen molar-refractivity contribution >= 4 is 11.9 Å². The number of ether oxygens (including phenoxy) is 2. The van der Waals surface area contributed by atoms with Gasteiger partial charge in [0.1, 0.15) is 11.9 Å². The van der Waals surface area contributed by atoms with Crippen molar-refractivity contribution in [1.29, 1.82) is 0 Å². The molecule has 32 heavy (non-hydrogen) atoms. The first-order chi connectivity index (χ1) is 15.2. The number of para-hydroxylation sites is 1. The number of fused-ring (bicyclic) bond motifs is 1. The number of amides is 1. The fourth-order valence-corrected chi connectivity index (χ4v) is 4.51. The molecule has 1 N–H and O–H groups in total. The Morgan fingerprint density at radius 1 is 1.19 bits per heavy atom. The van der Waals surface area contributed by atoms with Crippen LogP contribution in [0.15, 0.2) is 24.3 Å². The third-order valence-corrected chi connectivity index (χ3v) is 6.16. The second-order valence-corrected chi connectivity index (χ2v) is 8.33. The number of carbonyl (C=O) groups is 2. The summed E-state index contributed by atoms with van der Waals surface area (Å²) in [6, 6.07) is 8.20. The summed E-state index contributed by atoms with van der Waals surface area (Å²) < 4.78 is 43.4. The molecule has 3 heterocycles. The number of piperidine rings is 1. The van der Waals surface area contributed by atoms with E-state index in [4.69, 9.17) is 19.4 Å². The number of hydrogen-bond acceptors (Lipinski definition) is 5. The number of carbonyl (C=O) groups excluding carboxylic acids is 1. The molecule has 1 aromatic carbocycles. The van der Waals surface area contributed by atoms with E-state index in [0.717, 1.165) is 64.2 Å². The quantitative estimate of drug-likeness (QED) is 0.748. The van der Waals surface area contributed by atoms with Crippen molar-refractivity contribution in [1.82, 2.24) is 9.80 Å². The van der Waals surface area contributed by atoms with Gasteiger partial charge < -0.3 is 19.5 Å². The molecule has 3 aliphatic rings. The van der Waals surface area contributed by atoms with Crippen molar-refractivity contribution in [2.75, 3.05) is 33.3 Å². The molecule has 3 aliphatic heterocycles. The van der Waals surface area contributed by atoms with Gasteiger partial charge in [-0.25, -0.2) is 4.79 Å². The average Bonchev–Trinajstić information content (AvgIpc) is 3.43. The van der Waals surface area contributed by atoms with E-state index < -0.39 is 12.1 Å². The molecule has 10 heteroatoms. The summed E-state index contributed by atoms with van der Waals surface area (Å²) in [5.74, 6) is -1.06. The van der Waals surface area contributed by atoms with E-state index in [1.54, 1.807) is 7.11 Å². The highest BCUT2D eigenvalue weighted by Crippen LogP contribution is 2.35. The molecule has 1 aromatic rings. The molecule has 0 aromatic heterocycles. The van der Waals surface area contributed by atoms with Crippen LogP contribution in [0.25, 0.3) is 0 Å². The zero-order valence-corrected chi connectivity index (χ0v) is 18.0. The van der Waals surface area contributed by atoms with Crippen LogP contribution in [0.2, 0.25) is 0 Å². The summed E-state index contributed by atoms with van der Waals surface area (Å²) >= 11 is 0. The highest BCUT2D eigenvalue weighted by molar-refractivity contribution is 5.81. The zero-order chi connectivity index (χ0) is 23.3. The first kappa shape index (κ1) is 24.3. The third-order valence-electron chi connectivity index (χ3n) is 6.16. The van der Waals surface area contributed by atoms with Crippen LogP contribution in [-0.2, 0) is 20.9 Å². The maximum atomic E-state index is 12.6. The van der Waals surface area contributed by atoms with Gasteiger partial charge in [0, 0.05) is 31.7 Å². The summed E-state index contributed by atoms with van der Waals surface area (Å²) in [6.07, 6.45) is -0.804. The number of nitrogens with zero attached hydrogens (tertiary/aromatic N) is 2. The van der Waals surface area contributed by atoms with Crippen molar-refractivity contribution in [3.63, 3.8) is 0 Å². The Morgan fingerprint density at radius 3 is 2.47 bits per heavy atom. The fourth-order valence-electron chi connectivity index (χ4n) is 4.51. The Balaban J connectivity index is 0.000000360. The Labute approximate surface area is 185 Å². The molecule has 4 rings (SSSR count). The molecule has 0 bridgehead atoms. The molecule has 3 fully saturated rings. The zero-order valence-electron chi connectivity index (χ0n) is 18.0. The lowest BCUT2D eigenvalue weighted by Crippen LogP contribution is -2.42. The van der Waals surface area contributed by atoms with E-state index in [1.807, 2.05) is 17.0 Å². The molecule has 7 nitrogen and oxygen atoms in total. The number of carboxylic acid groups (broad SMARTS) is 1. The van der Waals surface area contributed by atoms with Crippen LogP contribution >= 0.6 is 0 Å². The van der Waals surface area contributed by atoms with Gasteiger partial charge in [-0.05, 0) is 44.2 Å². The number of rotatable bonds is 4. The first-order valence-electron chi connectivity index (χ1n) is 10.8. The minimum absolute atomic E-state index is 0.194. The third kappa shape index (κ3) is 6.13. The number of likely N-dealkylation sites (tertiary alicyclic amines) is 2. The van der Waals surface area contributed by atoms with Crippen molar-refractivity contribution in [3.05, 3.63) is 29.8 Å². The highest BCUT2D eigenvalue weighted by Gasteiger charge is 2.43. The highest BCUT2D eigenvalue weighted by atomic mass is 19.4. The van der Waals surface area contributed by atoms with Crippen LogP contribution in [-0.4, -0.2) is 78.5 Å². The van der Waals surface area contributed by atoms with Gasteiger partial charge in [0.2, 0.25) is 0 Å². The molecular formula is C22H29F3N2O5. The molecule has 178 valence electrons. The Kier molecular flexibility index (Phi) is 8.00. The van der Waals surface area contributed by atoms with Gasteiger partial charge in [-0.15, -0.1) is 0 Å². The lowest BCUT2D eigenvalue weighted by molar-refractivity contribution is -0.192. The summed E-state index contributed by atoms with van der Waals surface area (Å²) in [5, 5.41) is 7.12. The number of aliphatic carboxylic acids is 1. The fraction of sp³-hybridized carbons (Fsp3) is 0.636. The average molecular weight is 458 g/mol. The molecule has 3 atom stereocenters. The van der Waals surface area contributed by atoms with E-state index in [2.05, 4.69) is 17.0 Å². The predicted octanol–water partition coefficient (Wildman–Crippen LogP) is 2.93. The molecule has 0 saturated carbocycles. The van der Waals surface area contributed by atoms with Crippen LogP contribution in [0.5, 0.6) is 5.75 Å². The number of hydrogen-bond donors (Lipinski definition) is 1. The van der Waals surface area contributed by atoms with Gasteiger partial charge in [0.25, 0.3) is 5.91 Å². The van der Waals surface area contributed by atoms with Crippen LogP contribution in [0.1, 0.15) is 31.2 Å². The van der Waals surface area contributed by atoms with E-state index in [0.29, 0.717) is 5.92 Å². The van der Waals surface area contributed by atoms with Crippen molar-refractivity contribution in [2.45, 2.75) is 50.6 Å². The molecule has 0 unspecified atom stereocenters. The Bertz CT molecular complexity index is 798. The van der Waals surface area contributed by atoms with Crippen molar-refractivity contribution in [3.8, 4) is 5.75 Å². The van der Waals surface area contributed by atoms with E-state index in [1.165, 1.54) is 5.56 Å². The van der Waals surface area contributed by atoms with Gasteiger partial charge in [0.05, 0.1) is 13.2 Å². The van der Waals surface area contributed by atoms with Crippen LogP contribution in [0.4, 0.5) is 13.2 Å². The molecular weight excluding hydrogens is 429 g/mol. The van der Waals surface area contributed by atoms with Gasteiger partial charge in [-0.3, -0.25) is 9.69 Å². The summed E-state index contributed by atoms with van der Waals surface area (Å²) in [5.41, 5.74) is 1.21. The number of methoxy groups -OCH3 is 1. The smallest absolute Gasteiger partial charge is 0.490 e. The summed E-state index contributed by atoms with van der Waals surface area (Å²) in [6.45, 7) is 4.67. The largest absolute Gasteiger partial charge is 0.496 e. The van der Waals surface area contributed by atoms with Gasteiger partial charge in [0.15, 0.2) is 0 Å². The standard InChI is InChI=1S/C20H28N2O3.C2HF3O2/c1-24-17-7-3-2-6-16(17)13-21-11-8-15-12-18(25-19(15)14-21)20(23)22-9-4-5-10-22;3-2(4,5)1(6)7/h2-3,6-7,15,18-19H,4-5,8-14H2,1H3;(H,6,7)/t15-,18-,19-;/m0./s1. The number of benzene rings is 1. The summed E-state index contributed by atoms with van der Waals surface area (Å²) in [7, 11) is 1.72. The Hall–Kier alpha value is -2.33. The first-order valence-corrected chi connectivity index (χ1v) is 10.8. The van der Waals surface area contributed by atoms with Crippen molar-refractivity contribution in [2.24, 2.45) is 5.92 Å². The van der Waals surface area contributed by atoms with Gasteiger partial charge in [-0.1, -0.05) is 18.2 Å². The second kappa shape index (κ2) is 10.5. The van der Waals surface area contributed by atoms with Crippen molar-refractivity contribution < 1.29 is 37.3 Å². The van der Waals surface area contributed by atoms with Crippen LogP contribution in [0, 0.1) is 5.92 Å². The minimum atomic E-state index is -5.08. The van der Waals surface area contributed by atoms with E-state index in [9.17, 15) is 18.0 Å². The van der Waals surface area contributed by atoms with E-state index in [-0.39, 0.29) is 18.1 Å². The summed E-state index contributed by atoms with van der Waals surface area (Å²) in [4.78, 5) is 25.9. The molecule has 0 radical (unpaired) electrons. The topological polar surface area (TPSA) is 79.3 Å². The number of carboxylic acids is 1. The predicted molar refractivity (Wildman–Crippen MR) is 109 cm³/mol. The number of halogens is 3. The monoisotopic (exact) mass is 458 g/mol. The molecule has 0 aliphatic carbocycles. The van der Waals surface area contributed by atoms with Crippen LogP contribution in [0.3, 0.4) is 0 Å². The van der Waals surface area contributed by atoms with Crippen LogP contribution < -0.4 is 4.74 Å². The van der Waals surface area contributed by atoms with Gasteiger partial charge >= 0.3 is 12.1 Å². The maximum absolute atomic E-state index is 12.6. The van der Waals surface area contributed by atoms with Gasteiger partial charge in [-0.2, -0.15) is 13.2 Å². The Morgan fingerprint density at radius 2 is 1.84 bits per heavy atom. The lowest BCUT2D eigenvalue weighted by atomic mass is 9.91. The normalized spacial score (nSPS) is 25.6.